The molecule has 118 valence electrons. The predicted octanol–water partition coefficient (Wildman–Crippen LogP) is 2.43. The molecular weight excluding hydrogens is 264 g/mol. The molecule has 1 aromatic rings. The number of carbonyl (C=O) groups is 1. The van der Waals surface area contributed by atoms with Crippen molar-refractivity contribution in [2.24, 2.45) is 11.7 Å². The van der Waals surface area contributed by atoms with E-state index in [9.17, 15) is 4.79 Å². The van der Waals surface area contributed by atoms with E-state index in [0.717, 1.165) is 18.5 Å². The van der Waals surface area contributed by atoms with Gasteiger partial charge >= 0.3 is 0 Å². The van der Waals surface area contributed by atoms with Crippen LogP contribution in [0.2, 0.25) is 0 Å². The van der Waals surface area contributed by atoms with E-state index in [1.807, 2.05) is 30.3 Å². The fourth-order valence-corrected chi connectivity index (χ4v) is 2.29. The molecule has 1 atom stereocenters. The monoisotopic (exact) mass is 292 g/mol. The number of carbonyl (C=O) groups excluding carboxylic acids is 1. The van der Waals surface area contributed by atoms with Gasteiger partial charge in [0.2, 0.25) is 5.91 Å². The van der Waals surface area contributed by atoms with Gasteiger partial charge in [0.05, 0.1) is 0 Å². The van der Waals surface area contributed by atoms with Crippen LogP contribution in [0.1, 0.15) is 39.2 Å². The molecule has 0 spiro atoms. The van der Waals surface area contributed by atoms with Crippen molar-refractivity contribution in [3.63, 3.8) is 0 Å². The average Bonchev–Trinajstić information content (AvgIpc) is 2.47. The van der Waals surface area contributed by atoms with Crippen LogP contribution in [0.5, 0.6) is 0 Å². The first-order chi connectivity index (χ1) is 10.0. The third-order valence-electron chi connectivity index (χ3n) is 3.44. The first kappa shape index (κ1) is 17.7. The molecular formula is C17H28N2O2. The first-order valence-corrected chi connectivity index (χ1v) is 7.71. The van der Waals surface area contributed by atoms with E-state index in [1.54, 1.807) is 0 Å². The highest BCUT2D eigenvalue weighted by Gasteiger charge is 2.37. The molecule has 4 nitrogen and oxygen atoms in total. The van der Waals surface area contributed by atoms with Gasteiger partial charge in [-0.3, -0.25) is 10.1 Å². The van der Waals surface area contributed by atoms with Gasteiger partial charge < -0.3 is 10.5 Å². The quantitative estimate of drug-likeness (QED) is 0.651. The summed E-state index contributed by atoms with van der Waals surface area (Å²) in [7, 11) is 0. The summed E-state index contributed by atoms with van der Waals surface area (Å²) in [5.41, 5.74) is 5.78. The Bertz CT molecular complexity index is 420. The van der Waals surface area contributed by atoms with E-state index in [2.05, 4.69) is 26.1 Å². The third-order valence-corrected chi connectivity index (χ3v) is 3.44. The van der Waals surface area contributed by atoms with Crippen molar-refractivity contribution < 1.29 is 9.53 Å². The van der Waals surface area contributed by atoms with Gasteiger partial charge in [-0.25, -0.2) is 0 Å². The minimum atomic E-state index is -0.853. The Balaban J connectivity index is 2.88. The predicted molar refractivity (Wildman–Crippen MR) is 85.9 cm³/mol. The summed E-state index contributed by atoms with van der Waals surface area (Å²) < 4.78 is 5.65. The van der Waals surface area contributed by atoms with E-state index in [1.165, 1.54) is 0 Å². The van der Waals surface area contributed by atoms with Gasteiger partial charge in [-0.2, -0.15) is 0 Å². The molecule has 1 aromatic carbocycles. The van der Waals surface area contributed by atoms with Crippen molar-refractivity contribution in [3.05, 3.63) is 35.9 Å². The normalized spacial score (nSPS) is 14.1. The highest BCUT2D eigenvalue weighted by molar-refractivity contribution is 5.86. The molecule has 0 fully saturated rings. The molecule has 1 unspecified atom stereocenters. The van der Waals surface area contributed by atoms with Crippen LogP contribution >= 0.6 is 0 Å². The second-order valence-corrected chi connectivity index (χ2v) is 5.78. The van der Waals surface area contributed by atoms with Gasteiger partial charge in [0.15, 0.2) is 0 Å². The molecule has 0 saturated carbocycles. The molecule has 0 heterocycles. The minimum Gasteiger partial charge on any atom is -0.381 e. The zero-order valence-electron chi connectivity index (χ0n) is 13.4. The minimum absolute atomic E-state index is 0.352. The van der Waals surface area contributed by atoms with Crippen LogP contribution in [-0.4, -0.2) is 25.7 Å². The number of primary amides is 1. The molecule has 0 aliphatic heterocycles. The Hall–Kier alpha value is -1.39. The van der Waals surface area contributed by atoms with Gasteiger partial charge in [0, 0.05) is 19.6 Å². The number of amides is 1. The number of nitrogens with two attached hydrogens (primary N) is 1. The zero-order chi connectivity index (χ0) is 15.7. The maximum atomic E-state index is 12.2. The molecule has 0 aliphatic rings. The highest BCUT2D eigenvalue weighted by atomic mass is 16.5. The molecule has 0 bridgehead atoms. The van der Waals surface area contributed by atoms with Crippen LogP contribution in [0, 0.1) is 5.92 Å². The van der Waals surface area contributed by atoms with E-state index in [4.69, 9.17) is 10.5 Å². The van der Waals surface area contributed by atoms with Crippen LogP contribution < -0.4 is 11.1 Å². The maximum Gasteiger partial charge on any atom is 0.242 e. The largest absolute Gasteiger partial charge is 0.381 e. The van der Waals surface area contributed by atoms with Crippen LogP contribution in [0.4, 0.5) is 0 Å². The van der Waals surface area contributed by atoms with Crippen LogP contribution in [0.3, 0.4) is 0 Å². The van der Waals surface area contributed by atoms with Gasteiger partial charge in [-0.05, 0) is 24.4 Å². The lowest BCUT2D eigenvalue weighted by Gasteiger charge is -2.32. The summed E-state index contributed by atoms with van der Waals surface area (Å²) in [6.07, 6.45) is 1.48. The van der Waals surface area contributed by atoms with Crippen LogP contribution in [0.15, 0.2) is 30.3 Å². The van der Waals surface area contributed by atoms with Crippen molar-refractivity contribution in [2.45, 2.75) is 39.2 Å². The molecule has 0 aromatic heterocycles. The van der Waals surface area contributed by atoms with E-state index < -0.39 is 5.54 Å². The number of hydrogen-bond donors (Lipinski definition) is 2. The van der Waals surface area contributed by atoms with Gasteiger partial charge in [-0.15, -0.1) is 0 Å². The summed E-state index contributed by atoms with van der Waals surface area (Å²) in [6, 6.07) is 9.67. The number of benzene rings is 1. The lowest BCUT2D eigenvalue weighted by molar-refractivity contribution is -0.125. The standard InChI is InChI=1S/C17H28N2O2/c1-4-11-19-17(16(18)20,10-12-21-13-14(2)3)15-8-6-5-7-9-15/h5-9,14,19H,4,10-13H2,1-3H3,(H2,18,20). The van der Waals surface area contributed by atoms with Gasteiger partial charge in [0.25, 0.3) is 0 Å². The molecule has 3 N–H and O–H groups in total. The molecule has 21 heavy (non-hydrogen) atoms. The number of nitrogens with one attached hydrogen (secondary N) is 1. The van der Waals surface area contributed by atoms with E-state index in [-0.39, 0.29) is 5.91 Å². The summed E-state index contributed by atoms with van der Waals surface area (Å²) in [5.74, 6) is 0.128. The molecule has 0 aliphatic carbocycles. The van der Waals surface area contributed by atoms with Crippen molar-refractivity contribution in [1.82, 2.24) is 5.32 Å². The van der Waals surface area contributed by atoms with Crippen LogP contribution in [0.25, 0.3) is 0 Å². The van der Waals surface area contributed by atoms with Crippen molar-refractivity contribution in [2.75, 3.05) is 19.8 Å². The molecule has 4 heteroatoms. The second-order valence-electron chi connectivity index (χ2n) is 5.78. The summed E-state index contributed by atoms with van der Waals surface area (Å²) in [5, 5.41) is 3.33. The highest BCUT2D eigenvalue weighted by Crippen LogP contribution is 2.25. The van der Waals surface area contributed by atoms with Gasteiger partial charge in [-0.1, -0.05) is 51.1 Å². The second kappa shape index (κ2) is 8.80. The average molecular weight is 292 g/mol. The Kier molecular flexibility index (Phi) is 7.40. The summed E-state index contributed by atoms with van der Waals surface area (Å²) >= 11 is 0. The van der Waals surface area contributed by atoms with E-state index >= 15 is 0 Å². The lowest BCUT2D eigenvalue weighted by Crippen LogP contribution is -2.53. The van der Waals surface area contributed by atoms with Crippen molar-refractivity contribution in [3.8, 4) is 0 Å². The fraction of sp³-hybridized carbons (Fsp3) is 0.588. The fourth-order valence-electron chi connectivity index (χ4n) is 2.29. The Morgan fingerprint density at radius 1 is 1.33 bits per heavy atom. The zero-order valence-corrected chi connectivity index (χ0v) is 13.4. The van der Waals surface area contributed by atoms with E-state index in [0.29, 0.717) is 25.6 Å². The number of ether oxygens (including phenoxy) is 1. The number of rotatable bonds is 10. The molecule has 1 rings (SSSR count). The van der Waals surface area contributed by atoms with Crippen LogP contribution in [-0.2, 0) is 15.1 Å². The smallest absolute Gasteiger partial charge is 0.242 e. The third kappa shape index (κ3) is 5.14. The van der Waals surface area contributed by atoms with Crippen molar-refractivity contribution in [1.29, 1.82) is 0 Å². The Morgan fingerprint density at radius 2 is 2.00 bits per heavy atom. The maximum absolute atomic E-state index is 12.2. The molecule has 0 radical (unpaired) electrons. The first-order valence-electron chi connectivity index (χ1n) is 7.71. The summed E-state index contributed by atoms with van der Waals surface area (Å²) in [4.78, 5) is 12.2. The molecule has 0 saturated heterocycles. The number of hydrogen-bond acceptors (Lipinski definition) is 3. The van der Waals surface area contributed by atoms with Gasteiger partial charge in [0.1, 0.15) is 5.54 Å². The Morgan fingerprint density at radius 3 is 2.52 bits per heavy atom. The SMILES string of the molecule is CCCNC(CCOCC(C)C)(C(N)=O)c1ccccc1. The Labute approximate surface area is 128 Å². The topological polar surface area (TPSA) is 64.3 Å². The molecule has 1 amide bonds. The van der Waals surface area contributed by atoms with Crippen molar-refractivity contribution >= 4 is 5.91 Å². The lowest BCUT2D eigenvalue weighted by atomic mass is 9.85. The summed E-state index contributed by atoms with van der Waals surface area (Å²) in [6.45, 7) is 8.22.